The van der Waals surface area contributed by atoms with Crippen LogP contribution in [0.1, 0.15) is 64.2 Å². The fraction of sp³-hybridized carbons (Fsp3) is 0.600. The van der Waals surface area contributed by atoms with Gasteiger partial charge < -0.3 is 34.8 Å². The number of anilines is 1. The number of aromatic nitrogens is 3. The van der Waals surface area contributed by atoms with Gasteiger partial charge in [-0.25, -0.2) is 19.0 Å². The zero-order valence-electron chi connectivity index (χ0n) is 30.0. The number of aliphatic hydroxyl groups excluding tert-OH is 1. The molecule has 1 aromatic heterocycles. The molecular weight excluding hydrogens is 649 g/mol. The van der Waals surface area contributed by atoms with Crippen molar-refractivity contribution in [2.24, 2.45) is 11.3 Å². The molecule has 2 fully saturated rings. The number of carbonyl (C=O) groups excluding carboxylic acids is 1. The van der Waals surface area contributed by atoms with Crippen LogP contribution in [-0.2, 0) is 9.59 Å². The molecule has 276 valence electrons. The van der Waals surface area contributed by atoms with E-state index >= 15 is 0 Å². The van der Waals surface area contributed by atoms with E-state index in [4.69, 9.17) is 14.9 Å². The van der Waals surface area contributed by atoms with Crippen LogP contribution in [0.25, 0.3) is 0 Å². The van der Waals surface area contributed by atoms with Crippen LogP contribution in [0.3, 0.4) is 0 Å². The Balaban J connectivity index is 0.000000753. The Kier molecular flexibility index (Phi) is 15.0. The van der Waals surface area contributed by atoms with E-state index in [9.17, 15) is 23.9 Å². The van der Waals surface area contributed by atoms with Crippen molar-refractivity contribution in [2.75, 3.05) is 64.4 Å². The molecule has 50 heavy (non-hydrogen) atoms. The van der Waals surface area contributed by atoms with E-state index in [0.29, 0.717) is 43.0 Å². The number of amides is 1. The minimum Gasteiger partial charge on any atom is -0.478 e. The quantitative estimate of drug-likeness (QED) is 0.217. The van der Waals surface area contributed by atoms with Gasteiger partial charge in [-0.05, 0) is 77.7 Å². The summed E-state index contributed by atoms with van der Waals surface area (Å²) in [5.41, 5.74) is 0.343. The summed E-state index contributed by atoms with van der Waals surface area (Å²) in [7, 11) is 2.06. The first-order valence-corrected chi connectivity index (χ1v) is 17.1. The van der Waals surface area contributed by atoms with Gasteiger partial charge in [-0.1, -0.05) is 13.8 Å². The zero-order valence-corrected chi connectivity index (χ0v) is 30.0. The minimum absolute atomic E-state index is 0.0434. The van der Waals surface area contributed by atoms with Gasteiger partial charge in [-0.2, -0.15) is 0 Å². The smallest absolute Gasteiger partial charge is 0.328 e. The summed E-state index contributed by atoms with van der Waals surface area (Å²) in [6, 6.07) is 4.46. The maximum Gasteiger partial charge on any atom is 0.328 e. The molecule has 0 aliphatic carbocycles. The number of rotatable bonds is 16. The molecule has 3 N–H and O–H groups in total. The van der Waals surface area contributed by atoms with Gasteiger partial charge in [0.25, 0.3) is 11.8 Å². The van der Waals surface area contributed by atoms with Crippen molar-refractivity contribution in [1.82, 2.24) is 29.9 Å². The summed E-state index contributed by atoms with van der Waals surface area (Å²) in [6.45, 7) is 16.5. The number of hydrogen-bond donors (Lipinski definition) is 3. The number of likely N-dealkylation sites (N-methyl/N-ethyl adjacent to an activating group) is 1. The molecule has 1 atom stereocenters. The van der Waals surface area contributed by atoms with Gasteiger partial charge in [-0.3, -0.25) is 9.69 Å². The van der Waals surface area contributed by atoms with Crippen LogP contribution in [-0.4, -0.2) is 135 Å². The number of carboxylic acids is 2. The molecule has 0 saturated carbocycles. The summed E-state index contributed by atoms with van der Waals surface area (Å²) in [5, 5.41) is 33.0. The van der Waals surface area contributed by atoms with Gasteiger partial charge in [0, 0.05) is 68.9 Å². The molecule has 0 bridgehead atoms. The fourth-order valence-corrected chi connectivity index (χ4v) is 6.66. The molecule has 2 aliphatic heterocycles. The predicted octanol–water partition coefficient (Wildman–Crippen LogP) is 3.63. The van der Waals surface area contributed by atoms with Crippen LogP contribution in [0.5, 0.6) is 11.6 Å². The van der Waals surface area contributed by atoms with Crippen LogP contribution in [0.2, 0.25) is 0 Å². The number of carboxylic acid groups (broad SMARTS) is 2. The van der Waals surface area contributed by atoms with E-state index in [1.807, 2.05) is 20.8 Å². The largest absolute Gasteiger partial charge is 0.478 e. The highest BCUT2D eigenvalue weighted by Gasteiger charge is 2.50. The predicted molar refractivity (Wildman–Crippen MR) is 186 cm³/mol. The number of aliphatic carboxylic acids is 2. The van der Waals surface area contributed by atoms with Crippen LogP contribution in [0, 0.1) is 17.2 Å². The highest BCUT2D eigenvalue weighted by Crippen LogP contribution is 2.44. The molecule has 0 radical (unpaired) electrons. The maximum absolute atomic E-state index is 14.3. The molecule has 14 nitrogen and oxygen atoms in total. The molecule has 2 saturated heterocycles. The van der Waals surface area contributed by atoms with Gasteiger partial charge in [0.15, 0.2) is 5.82 Å². The third-order valence-electron chi connectivity index (χ3n) is 9.12. The Morgan fingerprint density at radius 1 is 1.08 bits per heavy atom. The molecule has 3 heterocycles. The molecule has 2 aromatic rings. The molecular formula is C35H52FN7O7. The van der Waals surface area contributed by atoms with Crippen molar-refractivity contribution in [2.45, 2.75) is 66.0 Å². The van der Waals surface area contributed by atoms with E-state index in [-0.39, 0.29) is 41.2 Å². The Hall–Kier alpha value is -4.21. The van der Waals surface area contributed by atoms with Gasteiger partial charge in [0.1, 0.15) is 17.9 Å². The lowest BCUT2D eigenvalue weighted by Gasteiger charge is -2.53. The number of ether oxygens (including phenoxy) is 1. The SMILES string of the molecule is CCN(C(=O)c1cc(F)ccc1Oc1nncnc1N1CCC2(C1)CN(C(CCCN(C)CCO)C(C)C)C2)C(C)C.O=C(O)/C=C/C(=O)O. The molecule has 1 spiro atoms. The average molecular weight is 702 g/mol. The Morgan fingerprint density at radius 2 is 1.76 bits per heavy atom. The van der Waals surface area contributed by atoms with Crippen LogP contribution >= 0.6 is 0 Å². The third-order valence-corrected chi connectivity index (χ3v) is 9.12. The van der Waals surface area contributed by atoms with Crippen molar-refractivity contribution in [3.05, 3.63) is 48.1 Å². The summed E-state index contributed by atoms with van der Waals surface area (Å²) in [5.74, 6) is -1.71. The fourth-order valence-electron chi connectivity index (χ4n) is 6.66. The first-order chi connectivity index (χ1) is 23.7. The third kappa shape index (κ3) is 11.2. The number of carbonyl (C=O) groups is 3. The topological polar surface area (TPSA) is 173 Å². The number of nitrogens with zero attached hydrogens (tertiary/aromatic N) is 7. The van der Waals surface area contributed by atoms with E-state index < -0.39 is 17.8 Å². The molecule has 1 unspecified atom stereocenters. The Bertz CT molecular complexity index is 1450. The average Bonchev–Trinajstić information content (AvgIpc) is 3.49. The second-order valence-corrected chi connectivity index (χ2v) is 13.6. The molecule has 1 amide bonds. The highest BCUT2D eigenvalue weighted by molar-refractivity contribution is 5.97. The van der Waals surface area contributed by atoms with Crippen LogP contribution in [0.15, 0.2) is 36.7 Å². The zero-order chi connectivity index (χ0) is 37.0. The maximum atomic E-state index is 14.3. The Morgan fingerprint density at radius 3 is 2.34 bits per heavy atom. The van der Waals surface area contributed by atoms with Gasteiger partial charge in [0.05, 0.1) is 12.2 Å². The molecule has 1 aromatic carbocycles. The van der Waals surface area contributed by atoms with Crippen molar-refractivity contribution < 1.29 is 38.8 Å². The molecule has 15 heteroatoms. The van der Waals surface area contributed by atoms with Crippen molar-refractivity contribution in [3.63, 3.8) is 0 Å². The lowest BCUT2D eigenvalue weighted by molar-refractivity contribution is -0.134. The summed E-state index contributed by atoms with van der Waals surface area (Å²) >= 11 is 0. The second kappa shape index (κ2) is 18.7. The van der Waals surface area contributed by atoms with Gasteiger partial charge >= 0.3 is 11.9 Å². The lowest BCUT2D eigenvalue weighted by Crippen LogP contribution is -2.62. The van der Waals surface area contributed by atoms with E-state index in [0.717, 1.165) is 52.0 Å². The first kappa shape index (κ1) is 40.2. The lowest BCUT2D eigenvalue weighted by atomic mass is 9.76. The number of hydrogen-bond acceptors (Lipinski definition) is 11. The summed E-state index contributed by atoms with van der Waals surface area (Å²) < 4.78 is 20.4. The molecule has 2 aliphatic rings. The monoisotopic (exact) mass is 701 g/mol. The minimum atomic E-state index is -1.26. The summed E-state index contributed by atoms with van der Waals surface area (Å²) in [6.07, 6.45) is 5.84. The number of halogens is 1. The second-order valence-electron chi connectivity index (χ2n) is 13.6. The van der Waals surface area contributed by atoms with Crippen LogP contribution < -0.4 is 9.64 Å². The first-order valence-electron chi connectivity index (χ1n) is 17.1. The summed E-state index contributed by atoms with van der Waals surface area (Å²) in [4.78, 5) is 45.6. The number of benzene rings is 1. The number of aliphatic hydroxyl groups is 1. The van der Waals surface area contributed by atoms with Crippen molar-refractivity contribution in [1.29, 1.82) is 0 Å². The van der Waals surface area contributed by atoms with E-state index in [1.54, 1.807) is 4.90 Å². The Labute approximate surface area is 293 Å². The van der Waals surface area contributed by atoms with Gasteiger partial charge in [-0.15, -0.1) is 10.2 Å². The highest BCUT2D eigenvalue weighted by atomic mass is 19.1. The standard InChI is InChI=1S/C31H48FN7O3.C4H4O4/c1-7-39(23(4)5)30(41)25-17-24(32)10-11-27(25)42-29-28(33-21-34-35-29)37-14-12-31(18-37)19-38(20-31)26(22(2)3)9-8-13-36(6)15-16-40;5-3(6)1-2-4(7)8/h10-11,17,21-23,26,40H,7-9,12-16,18-20H2,1-6H3;1-2H,(H,5,6)(H,7,8)/b;2-1+. The molecule has 4 rings (SSSR count). The van der Waals surface area contributed by atoms with E-state index in [2.05, 4.69) is 50.8 Å². The van der Waals surface area contributed by atoms with Crippen LogP contribution in [0.4, 0.5) is 10.2 Å². The van der Waals surface area contributed by atoms with Gasteiger partial charge in [0.2, 0.25) is 0 Å². The van der Waals surface area contributed by atoms with E-state index in [1.165, 1.54) is 24.5 Å². The normalized spacial score (nSPS) is 16.1. The van der Waals surface area contributed by atoms with Crippen molar-refractivity contribution >= 4 is 23.7 Å². The number of likely N-dealkylation sites (tertiary alicyclic amines) is 1. The van der Waals surface area contributed by atoms with Crippen molar-refractivity contribution in [3.8, 4) is 11.6 Å².